The number of carboxylic acid groups (broad SMARTS) is 1. The molecule has 0 spiro atoms. The van der Waals surface area contributed by atoms with Gasteiger partial charge >= 0.3 is 5.97 Å². The number of aliphatic carboxylic acids is 1. The van der Waals surface area contributed by atoms with Gasteiger partial charge in [0.15, 0.2) is 12.6 Å². The molecule has 192 valence electrons. The molecule has 13 nitrogen and oxygen atoms in total. The number of hydrogen-bond acceptors (Lipinski definition) is 12. The van der Waals surface area contributed by atoms with Gasteiger partial charge < -0.3 is 59.4 Å². The van der Waals surface area contributed by atoms with Crippen LogP contribution in [0.25, 0.3) is 0 Å². The van der Waals surface area contributed by atoms with E-state index < -0.39 is 92.8 Å². The normalized spacial score (nSPS) is 46.8. The van der Waals surface area contributed by atoms with E-state index in [9.17, 15) is 35.4 Å². The van der Waals surface area contributed by atoms with Crippen molar-refractivity contribution in [2.24, 2.45) is 0 Å². The maximum atomic E-state index is 10.8. The number of carbonyl (C=O) groups is 1. The molecule has 0 aromatic heterocycles. The maximum absolute atomic E-state index is 10.8. The molecular weight excluding hydrogens is 448 g/mol. The van der Waals surface area contributed by atoms with Crippen LogP contribution in [0.3, 0.4) is 0 Å². The van der Waals surface area contributed by atoms with Gasteiger partial charge in [-0.3, -0.25) is 0 Å². The summed E-state index contributed by atoms with van der Waals surface area (Å²) in [5, 5.41) is 69.4. The second-order valence-electron chi connectivity index (χ2n) is 8.69. The Kier molecular flexibility index (Phi) is 9.39. The molecule has 0 amide bonds. The number of aliphatic hydroxyl groups excluding tert-OH is 6. The molecule has 2 saturated heterocycles. The van der Waals surface area contributed by atoms with Gasteiger partial charge in [-0.2, -0.15) is 0 Å². The smallest absolute Gasteiger partial charge is 0.329 e. The quantitative estimate of drug-likeness (QED) is 0.185. The number of aliphatic hydroxyl groups is 6. The average molecular weight is 482 g/mol. The summed E-state index contributed by atoms with van der Waals surface area (Å²) in [4.78, 5) is 10.8. The van der Waals surface area contributed by atoms with Gasteiger partial charge in [0.2, 0.25) is 0 Å². The third-order valence-corrected chi connectivity index (χ3v) is 6.29. The summed E-state index contributed by atoms with van der Waals surface area (Å²) in [7, 11) is 0. The molecule has 3 fully saturated rings. The van der Waals surface area contributed by atoms with Crippen LogP contribution in [0.15, 0.2) is 0 Å². The van der Waals surface area contributed by atoms with Gasteiger partial charge in [0.1, 0.15) is 49.3 Å². The topological polar surface area (TPSA) is 205 Å². The van der Waals surface area contributed by atoms with Crippen molar-refractivity contribution in [2.45, 2.75) is 106 Å². The SMILES string of the molecule is CC1OC(OC2CCCCC2OC2OC(CO)C(O)C(OCC(=O)O)C2O)C(O)C(O)C1O. The molecule has 3 rings (SSSR count). The Morgan fingerprint density at radius 3 is 1.97 bits per heavy atom. The summed E-state index contributed by atoms with van der Waals surface area (Å²) >= 11 is 0. The van der Waals surface area contributed by atoms with E-state index in [1.165, 1.54) is 6.92 Å². The number of carboxylic acids is 1. The molecule has 1 saturated carbocycles. The molecule has 1 aliphatic carbocycles. The minimum atomic E-state index is -1.56. The lowest BCUT2D eigenvalue weighted by Crippen LogP contribution is -2.62. The highest BCUT2D eigenvalue weighted by Crippen LogP contribution is 2.32. The largest absolute Gasteiger partial charge is 0.480 e. The number of hydrogen-bond donors (Lipinski definition) is 7. The van der Waals surface area contributed by atoms with Crippen LogP contribution >= 0.6 is 0 Å². The van der Waals surface area contributed by atoms with E-state index in [0.29, 0.717) is 12.8 Å². The lowest BCUT2D eigenvalue weighted by molar-refractivity contribution is -0.343. The fourth-order valence-corrected chi connectivity index (χ4v) is 4.37. The first-order valence-corrected chi connectivity index (χ1v) is 11.1. The highest BCUT2D eigenvalue weighted by molar-refractivity contribution is 5.68. The van der Waals surface area contributed by atoms with Crippen LogP contribution in [0.4, 0.5) is 0 Å². The molecule has 12 atom stereocenters. The summed E-state index contributed by atoms with van der Waals surface area (Å²) in [5.41, 5.74) is 0. The third-order valence-electron chi connectivity index (χ3n) is 6.29. The third kappa shape index (κ3) is 6.18. The Labute approximate surface area is 190 Å². The first kappa shape index (κ1) is 26.6. The van der Waals surface area contributed by atoms with Crippen molar-refractivity contribution in [2.75, 3.05) is 13.2 Å². The summed E-state index contributed by atoms with van der Waals surface area (Å²) in [6.07, 6.45) is -11.9. The lowest BCUT2D eigenvalue weighted by atomic mass is 9.93. The van der Waals surface area contributed by atoms with Gasteiger partial charge in [0.25, 0.3) is 0 Å². The first-order chi connectivity index (χ1) is 15.6. The molecule has 13 heteroatoms. The Morgan fingerprint density at radius 2 is 1.42 bits per heavy atom. The maximum Gasteiger partial charge on any atom is 0.329 e. The Bertz CT molecular complexity index is 635. The van der Waals surface area contributed by atoms with E-state index in [1.807, 2.05) is 0 Å². The predicted molar refractivity (Wildman–Crippen MR) is 106 cm³/mol. The summed E-state index contributed by atoms with van der Waals surface area (Å²) < 4.78 is 27.9. The van der Waals surface area contributed by atoms with Gasteiger partial charge in [-0.25, -0.2) is 4.79 Å². The minimum Gasteiger partial charge on any atom is -0.480 e. The highest BCUT2D eigenvalue weighted by Gasteiger charge is 2.48. The van der Waals surface area contributed by atoms with E-state index in [-0.39, 0.29) is 0 Å². The van der Waals surface area contributed by atoms with E-state index in [1.54, 1.807) is 0 Å². The summed E-state index contributed by atoms with van der Waals surface area (Å²) in [5.74, 6) is -1.30. The number of ether oxygens (including phenoxy) is 5. The molecule has 0 bridgehead atoms. The van der Waals surface area contributed by atoms with Gasteiger partial charge in [-0.05, 0) is 19.8 Å². The molecule has 7 N–H and O–H groups in total. The van der Waals surface area contributed by atoms with E-state index in [2.05, 4.69) is 0 Å². The van der Waals surface area contributed by atoms with Crippen molar-refractivity contribution >= 4 is 5.97 Å². The van der Waals surface area contributed by atoms with Gasteiger partial charge in [0.05, 0.1) is 24.9 Å². The fourth-order valence-electron chi connectivity index (χ4n) is 4.37. The van der Waals surface area contributed by atoms with E-state index in [4.69, 9.17) is 28.8 Å². The highest BCUT2D eigenvalue weighted by atomic mass is 16.7. The van der Waals surface area contributed by atoms with Crippen LogP contribution < -0.4 is 0 Å². The number of rotatable bonds is 8. The van der Waals surface area contributed by atoms with Crippen molar-refractivity contribution < 1.29 is 64.2 Å². The molecule has 2 aliphatic heterocycles. The fraction of sp³-hybridized carbons (Fsp3) is 0.950. The van der Waals surface area contributed by atoms with Crippen molar-refractivity contribution in [1.82, 2.24) is 0 Å². The zero-order valence-corrected chi connectivity index (χ0v) is 18.3. The predicted octanol–water partition coefficient (Wildman–Crippen LogP) is -2.93. The van der Waals surface area contributed by atoms with Crippen molar-refractivity contribution in [3.8, 4) is 0 Å². The van der Waals surface area contributed by atoms with Crippen LogP contribution in [0.5, 0.6) is 0 Å². The van der Waals surface area contributed by atoms with Gasteiger partial charge in [-0.1, -0.05) is 12.8 Å². The van der Waals surface area contributed by atoms with Crippen LogP contribution in [-0.2, 0) is 28.5 Å². The zero-order valence-electron chi connectivity index (χ0n) is 18.3. The van der Waals surface area contributed by atoms with Crippen molar-refractivity contribution in [1.29, 1.82) is 0 Å². The van der Waals surface area contributed by atoms with Crippen LogP contribution in [0.1, 0.15) is 32.6 Å². The average Bonchev–Trinajstić information content (AvgIpc) is 2.78. The summed E-state index contributed by atoms with van der Waals surface area (Å²) in [6, 6.07) is 0. The standard InChI is InChI=1S/C20H34O13/c1-8-13(24)15(26)16(27)19(30-8)31-9-4-2-3-5-10(9)32-20-17(28)18(29-7-12(22)23)14(25)11(6-21)33-20/h8-11,13-21,24-28H,2-7H2,1H3,(H,22,23). The minimum absolute atomic E-state index is 0.494. The molecule has 2 heterocycles. The molecule has 33 heavy (non-hydrogen) atoms. The second-order valence-corrected chi connectivity index (χ2v) is 8.69. The van der Waals surface area contributed by atoms with Crippen LogP contribution in [0, 0.1) is 0 Å². The van der Waals surface area contributed by atoms with E-state index >= 15 is 0 Å². The molecular formula is C20H34O13. The Balaban J connectivity index is 1.68. The van der Waals surface area contributed by atoms with Gasteiger partial charge in [-0.15, -0.1) is 0 Å². The molecule has 0 aromatic rings. The zero-order chi connectivity index (χ0) is 24.3. The van der Waals surface area contributed by atoms with Gasteiger partial charge in [0, 0.05) is 0 Å². The summed E-state index contributed by atoms with van der Waals surface area (Å²) in [6.45, 7) is 0.141. The lowest BCUT2D eigenvalue weighted by Gasteiger charge is -2.45. The van der Waals surface area contributed by atoms with Crippen molar-refractivity contribution in [3.63, 3.8) is 0 Å². The first-order valence-electron chi connectivity index (χ1n) is 11.1. The van der Waals surface area contributed by atoms with Crippen LogP contribution in [-0.4, -0.2) is 129 Å². The molecule has 0 radical (unpaired) electrons. The molecule has 3 aliphatic rings. The van der Waals surface area contributed by atoms with Crippen molar-refractivity contribution in [3.05, 3.63) is 0 Å². The molecule has 0 aromatic carbocycles. The Morgan fingerprint density at radius 1 is 0.848 bits per heavy atom. The monoisotopic (exact) mass is 482 g/mol. The Hall–Kier alpha value is -0.970. The van der Waals surface area contributed by atoms with E-state index in [0.717, 1.165) is 12.8 Å². The molecule has 12 unspecified atom stereocenters. The second kappa shape index (κ2) is 11.6. The van der Waals surface area contributed by atoms with Crippen LogP contribution in [0.2, 0.25) is 0 Å².